The van der Waals surface area contributed by atoms with Gasteiger partial charge in [-0.05, 0) is 67.3 Å². The monoisotopic (exact) mass is 488 g/mol. The second-order valence-electron chi connectivity index (χ2n) is 9.30. The van der Waals surface area contributed by atoms with Crippen molar-refractivity contribution >= 4 is 23.4 Å². The van der Waals surface area contributed by atoms with Crippen LogP contribution in [0.3, 0.4) is 0 Å². The van der Waals surface area contributed by atoms with E-state index in [1.54, 1.807) is 4.90 Å². The molecule has 2 amide bonds. The number of carbonyl (C=O) groups is 2. The van der Waals surface area contributed by atoms with Crippen LogP contribution in [-0.4, -0.2) is 54.1 Å². The second-order valence-corrected chi connectivity index (χ2v) is 9.74. The summed E-state index contributed by atoms with van der Waals surface area (Å²) in [5.74, 6) is 0.219. The fourth-order valence-corrected chi connectivity index (χ4v) is 5.00. The van der Waals surface area contributed by atoms with Crippen molar-refractivity contribution < 1.29 is 22.8 Å². The molecule has 33 heavy (non-hydrogen) atoms. The lowest BCUT2D eigenvalue weighted by atomic mass is 9.88. The molecule has 1 unspecified atom stereocenters. The summed E-state index contributed by atoms with van der Waals surface area (Å²) in [6.45, 7) is 5.50. The average molecular weight is 489 g/mol. The van der Waals surface area contributed by atoms with Crippen LogP contribution in [0.2, 0.25) is 5.02 Å². The first-order valence-electron chi connectivity index (χ1n) is 11.4. The largest absolute Gasteiger partial charge is 0.403 e. The van der Waals surface area contributed by atoms with E-state index in [0.29, 0.717) is 35.0 Å². The van der Waals surface area contributed by atoms with Gasteiger partial charge in [-0.15, -0.1) is 0 Å². The third-order valence-corrected chi connectivity index (χ3v) is 6.95. The Hall–Kier alpha value is -1.84. The maximum absolute atomic E-state index is 13.2. The highest BCUT2D eigenvalue weighted by atomic mass is 35.5. The summed E-state index contributed by atoms with van der Waals surface area (Å²) in [6.07, 6.45) is -2.73. The molecule has 0 radical (unpaired) electrons. The summed E-state index contributed by atoms with van der Waals surface area (Å²) in [6, 6.07) is 1.65. The molecule has 0 aromatic heterocycles. The summed E-state index contributed by atoms with van der Waals surface area (Å²) in [4.78, 5) is 27.8. The molecule has 2 fully saturated rings. The number of amides is 2. The molecule has 6 nitrogen and oxygen atoms in total. The highest BCUT2D eigenvalue weighted by molar-refractivity contribution is 6.30. The molecule has 0 saturated carbocycles. The smallest absolute Gasteiger partial charge is 0.350 e. The minimum atomic E-state index is -4.52. The molecule has 0 aliphatic carbocycles. The first kappa shape index (κ1) is 25.8. The van der Waals surface area contributed by atoms with Crippen LogP contribution in [0.5, 0.6) is 0 Å². The van der Waals surface area contributed by atoms with Gasteiger partial charge in [-0.1, -0.05) is 31.5 Å². The van der Waals surface area contributed by atoms with E-state index in [4.69, 9.17) is 17.3 Å². The number of halogens is 4. The Kier molecular flexibility index (Phi) is 8.29. The number of hydrogen-bond acceptors (Lipinski definition) is 4. The molecule has 184 valence electrons. The van der Waals surface area contributed by atoms with Gasteiger partial charge in [0.15, 0.2) is 0 Å². The van der Waals surface area contributed by atoms with Crippen molar-refractivity contribution in [3.8, 4) is 0 Å². The van der Waals surface area contributed by atoms with Crippen LogP contribution in [0.25, 0.3) is 0 Å². The number of hydrogen-bond donors (Lipinski definition) is 3. The predicted octanol–water partition coefficient (Wildman–Crippen LogP) is 3.01. The van der Waals surface area contributed by atoms with E-state index in [1.165, 1.54) is 18.2 Å². The second kappa shape index (κ2) is 10.6. The normalized spacial score (nSPS) is 24.4. The maximum atomic E-state index is 13.2. The van der Waals surface area contributed by atoms with Crippen molar-refractivity contribution in [2.45, 2.75) is 70.4 Å². The van der Waals surface area contributed by atoms with Crippen LogP contribution in [-0.2, 0) is 22.6 Å². The Morgan fingerprint density at radius 1 is 1.27 bits per heavy atom. The zero-order valence-corrected chi connectivity index (χ0v) is 19.7. The Balaban J connectivity index is 1.67. The molecule has 1 aromatic carbocycles. The van der Waals surface area contributed by atoms with Crippen LogP contribution in [0, 0.1) is 11.8 Å². The molecule has 0 spiro atoms. The number of nitrogens with one attached hydrogen (secondary N) is 2. The van der Waals surface area contributed by atoms with Crippen molar-refractivity contribution in [1.29, 1.82) is 0 Å². The predicted molar refractivity (Wildman–Crippen MR) is 121 cm³/mol. The third kappa shape index (κ3) is 6.19. The Labute approximate surface area is 197 Å². The van der Waals surface area contributed by atoms with Crippen LogP contribution in [0.15, 0.2) is 18.2 Å². The fraction of sp³-hybridized carbons (Fsp3) is 0.652. The van der Waals surface area contributed by atoms with E-state index in [-0.39, 0.29) is 30.3 Å². The molecular weight excluding hydrogens is 457 g/mol. The standard InChI is InChI=1S/C23H32ClF3N4O2/c1-13(2)17-7-8-29-20(17)22(33)31-9-3-4-18(31)21(32)30-12-15-10-16(24)6-5-14(15)11-19(28)23(25,26)27/h5-6,10,13,17-20,29H,3-4,7-9,11-12,28H2,1-2H3,(H,30,32)/t17-,18-,19?,20+/m0/s1. The lowest BCUT2D eigenvalue weighted by molar-refractivity contribution is -0.147. The highest BCUT2D eigenvalue weighted by Gasteiger charge is 2.42. The average Bonchev–Trinajstić information content (AvgIpc) is 3.42. The summed E-state index contributed by atoms with van der Waals surface area (Å²) < 4.78 is 38.8. The lowest BCUT2D eigenvalue weighted by Gasteiger charge is -2.30. The molecule has 3 rings (SSSR count). The van der Waals surface area contributed by atoms with Crippen molar-refractivity contribution in [3.63, 3.8) is 0 Å². The lowest BCUT2D eigenvalue weighted by Crippen LogP contribution is -2.53. The maximum Gasteiger partial charge on any atom is 0.403 e. The molecule has 0 bridgehead atoms. The highest BCUT2D eigenvalue weighted by Crippen LogP contribution is 2.28. The summed E-state index contributed by atoms with van der Waals surface area (Å²) >= 11 is 6.04. The van der Waals surface area contributed by atoms with Crippen molar-refractivity contribution in [2.24, 2.45) is 17.6 Å². The van der Waals surface area contributed by atoms with Crippen LogP contribution in [0.4, 0.5) is 13.2 Å². The molecule has 2 saturated heterocycles. The summed E-state index contributed by atoms with van der Waals surface area (Å²) in [7, 11) is 0. The van der Waals surface area contributed by atoms with Gasteiger partial charge in [-0.2, -0.15) is 13.2 Å². The number of carbonyl (C=O) groups excluding carboxylic acids is 2. The van der Waals surface area contributed by atoms with E-state index in [0.717, 1.165) is 19.4 Å². The van der Waals surface area contributed by atoms with Crippen molar-refractivity contribution in [2.75, 3.05) is 13.1 Å². The first-order valence-corrected chi connectivity index (χ1v) is 11.8. The van der Waals surface area contributed by atoms with E-state index >= 15 is 0 Å². The molecule has 10 heteroatoms. The number of benzene rings is 1. The van der Waals surface area contributed by atoms with Crippen molar-refractivity contribution in [1.82, 2.24) is 15.5 Å². The molecule has 2 aliphatic rings. The summed E-state index contributed by atoms with van der Waals surface area (Å²) in [5.41, 5.74) is 6.14. The molecule has 1 aromatic rings. The Morgan fingerprint density at radius 2 is 2.00 bits per heavy atom. The Bertz CT molecular complexity index is 865. The van der Waals surface area contributed by atoms with E-state index in [9.17, 15) is 22.8 Å². The molecular formula is C23H32ClF3N4O2. The van der Waals surface area contributed by atoms with Gasteiger partial charge in [-0.3, -0.25) is 9.59 Å². The van der Waals surface area contributed by atoms with Crippen molar-refractivity contribution in [3.05, 3.63) is 34.3 Å². The first-order chi connectivity index (χ1) is 15.5. The topological polar surface area (TPSA) is 87.5 Å². The third-order valence-electron chi connectivity index (χ3n) is 6.71. The number of likely N-dealkylation sites (tertiary alicyclic amines) is 1. The van der Waals surface area contributed by atoms with E-state index in [1.807, 2.05) is 0 Å². The SMILES string of the molecule is CC(C)[C@@H]1CCN[C@H]1C(=O)N1CCC[C@H]1C(=O)NCc1cc(Cl)ccc1CC(N)C(F)(F)F. The van der Waals surface area contributed by atoms with Gasteiger partial charge < -0.3 is 21.3 Å². The Morgan fingerprint density at radius 3 is 2.67 bits per heavy atom. The number of nitrogens with two attached hydrogens (primary N) is 1. The minimum Gasteiger partial charge on any atom is -0.350 e. The summed E-state index contributed by atoms with van der Waals surface area (Å²) in [5, 5.41) is 6.44. The number of nitrogens with zero attached hydrogens (tertiary/aromatic N) is 1. The zero-order valence-electron chi connectivity index (χ0n) is 18.9. The fourth-order valence-electron chi connectivity index (χ4n) is 4.80. The molecule has 4 atom stereocenters. The number of rotatable bonds is 7. The quantitative estimate of drug-likeness (QED) is 0.550. The van der Waals surface area contributed by atoms with E-state index in [2.05, 4.69) is 24.5 Å². The zero-order chi connectivity index (χ0) is 24.3. The number of alkyl halides is 3. The molecule has 4 N–H and O–H groups in total. The van der Waals surface area contributed by atoms with E-state index < -0.39 is 24.7 Å². The van der Waals surface area contributed by atoms with Crippen LogP contribution in [0.1, 0.15) is 44.2 Å². The minimum absolute atomic E-state index is 0.00807. The van der Waals surface area contributed by atoms with Gasteiger partial charge in [0.1, 0.15) is 12.1 Å². The van der Waals surface area contributed by atoms with Gasteiger partial charge in [0.25, 0.3) is 0 Å². The van der Waals surface area contributed by atoms with Gasteiger partial charge in [0.05, 0.1) is 6.04 Å². The molecule has 2 heterocycles. The van der Waals surface area contributed by atoms with Crippen LogP contribution < -0.4 is 16.4 Å². The van der Waals surface area contributed by atoms with Gasteiger partial charge >= 0.3 is 6.18 Å². The van der Waals surface area contributed by atoms with Gasteiger partial charge in [0, 0.05) is 18.1 Å². The van der Waals surface area contributed by atoms with Gasteiger partial charge in [0.2, 0.25) is 11.8 Å². The van der Waals surface area contributed by atoms with Crippen LogP contribution >= 0.6 is 11.6 Å². The van der Waals surface area contributed by atoms with Gasteiger partial charge in [-0.25, -0.2) is 0 Å². The molecule has 2 aliphatic heterocycles.